The number of likely N-dealkylation sites (N-methyl/N-ethyl adjacent to an activating group) is 1. The molecule has 10 nitrogen and oxygen atoms in total. The van der Waals surface area contributed by atoms with Crippen molar-refractivity contribution in [3.05, 3.63) is 89.7 Å². The van der Waals surface area contributed by atoms with E-state index in [1.807, 2.05) is 42.5 Å². The quantitative estimate of drug-likeness (QED) is 0.0826. The van der Waals surface area contributed by atoms with Crippen molar-refractivity contribution in [3.8, 4) is 0 Å². The van der Waals surface area contributed by atoms with E-state index in [4.69, 9.17) is 15.9 Å². The zero-order chi connectivity index (χ0) is 30.1. The second kappa shape index (κ2) is 14.3. The highest BCUT2D eigenvalue weighted by molar-refractivity contribution is 7.92. The Hall–Kier alpha value is -3.93. The minimum absolute atomic E-state index is 0.0565. The van der Waals surface area contributed by atoms with Gasteiger partial charge in [-0.2, -0.15) is 0 Å². The molecule has 224 valence electrons. The van der Waals surface area contributed by atoms with Gasteiger partial charge in [0.05, 0.1) is 21.6 Å². The van der Waals surface area contributed by atoms with Crippen LogP contribution in [-0.2, 0) is 29.4 Å². The Bertz CT molecular complexity index is 1580. The van der Waals surface area contributed by atoms with Crippen LogP contribution >= 0.6 is 0 Å². The lowest BCUT2D eigenvalue weighted by Gasteiger charge is -2.27. The van der Waals surface area contributed by atoms with E-state index in [1.165, 1.54) is 4.31 Å². The number of hydrogen-bond acceptors (Lipinski definition) is 7. The first-order valence-electron chi connectivity index (χ1n) is 14.3. The molecule has 4 rings (SSSR count). The molecule has 0 aliphatic heterocycles. The van der Waals surface area contributed by atoms with Gasteiger partial charge >= 0.3 is 0 Å². The number of sulfonamides is 1. The van der Waals surface area contributed by atoms with Gasteiger partial charge in [0, 0.05) is 38.2 Å². The van der Waals surface area contributed by atoms with E-state index in [0.29, 0.717) is 55.7 Å². The Morgan fingerprint density at radius 2 is 1.69 bits per heavy atom. The maximum absolute atomic E-state index is 13.8. The molecule has 4 N–H and O–H groups in total. The second-order valence-corrected chi connectivity index (χ2v) is 11.9. The molecule has 4 aromatic rings. The van der Waals surface area contributed by atoms with Crippen LogP contribution in [-0.4, -0.2) is 71.8 Å². The molecule has 0 unspecified atom stereocenters. The average Bonchev–Trinajstić information content (AvgIpc) is 3.37. The predicted octanol–water partition coefficient (Wildman–Crippen LogP) is 3.84. The zero-order valence-corrected chi connectivity index (χ0v) is 25.0. The molecule has 1 aromatic heterocycles. The van der Waals surface area contributed by atoms with Gasteiger partial charge in [-0.1, -0.05) is 61.5 Å². The minimum Gasteiger partial charge on any atom is -0.409 e. The Morgan fingerprint density at radius 1 is 0.976 bits per heavy atom. The van der Waals surface area contributed by atoms with Crippen molar-refractivity contribution in [3.63, 3.8) is 0 Å². The maximum atomic E-state index is 13.8. The van der Waals surface area contributed by atoms with Crippen LogP contribution in [0.4, 0.5) is 5.69 Å². The van der Waals surface area contributed by atoms with E-state index in [0.717, 1.165) is 30.0 Å². The van der Waals surface area contributed by atoms with Gasteiger partial charge in [0.1, 0.15) is 5.82 Å². The number of oxime groups is 1. The lowest BCUT2D eigenvalue weighted by molar-refractivity contribution is 0.280. The average molecular weight is 593 g/mol. The number of fused-ring (bicyclic) bond motifs is 1. The molecule has 0 fully saturated rings. The van der Waals surface area contributed by atoms with E-state index in [2.05, 4.69) is 28.5 Å². The molecule has 1 heterocycles. The van der Waals surface area contributed by atoms with Gasteiger partial charge in [0.2, 0.25) is 0 Å². The van der Waals surface area contributed by atoms with Gasteiger partial charge in [-0.25, -0.2) is 13.4 Å². The number of imidazole rings is 1. The number of aryl methyl sites for hydroxylation is 3. The number of aromatic nitrogens is 2. The highest BCUT2D eigenvalue weighted by Crippen LogP contribution is 2.28. The number of aliphatic hydroxyl groups is 1. The third-order valence-corrected chi connectivity index (χ3v) is 9.32. The largest absolute Gasteiger partial charge is 0.409 e. The van der Waals surface area contributed by atoms with Crippen molar-refractivity contribution in [2.45, 2.75) is 44.6 Å². The van der Waals surface area contributed by atoms with Gasteiger partial charge in [0.25, 0.3) is 10.0 Å². The van der Waals surface area contributed by atoms with Crippen molar-refractivity contribution in [1.29, 1.82) is 0 Å². The molecule has 42 heavy (non-hydrogen) atoms. The lowest BCUT2D eigenvalue weighted by Crippen LogP contribution is -2.38. The number of anilines is 1. The molecule has 0 spiro atoms. The number of nitrogens with two attached hydrogens (primary N) is 1. The van der Waals surface area contributed by atoms with Crippen molar-refractivity contribution >= 4 is 32.6 Å². The summed E-state index contributed by atoms with van der Waals surface area (Å²) >= 11 is 0. The van der Waals surface area contributed by atoms with E-state index in [-0.39, 0.29) is 17.3 Å². The van der Waals surface area contributed by atoms with Gasteiger partial charge in [0.15, 0.2) is 5.84 Å². The van der Waals surface area contributed by atoms with E-state index >= 15 is 0 Å². The summed E-state index contributed by atoms with van der Waals surface area (Å²) in [7, 11) is -3.80. The molecule has 0 bridgehead atoms. The summed E-state index contributed by atoms with van der Waals surface area (Å²) in [4.78, 5) is 7.39. The maximum Gasteiger partial charge on any atom is 0.264 e. The van der Waals surface area contributed by atoms with Crippen LogP contribution in [0.25, 0.3) is 11.0 Å². The van der Waals surface area contributed by atoms with Crippen molar-refractivity contribution in [2.24, 2.45) is 10.9 Å². The van der Waals surface area contributed by atoms with Crippen LogP contribution in [0.1, 0.15) is 37.2 Å². The van der Waals surface area contributed by atoms with Gasteiger partial charge in [-0.05, 0) is 61.8 Å². The number of benzene rings is 3. The van der Waals surface area contributed by atoms with Crippen LogP contribution in [0.2, 0.25) is 0 Å². The van der Waals surface area contributed by atoms with E-state index < -0.39 is 10.0 Å². The zero-order valence-electron chi connectivity index (χ0n) is 24.2. The van der Waals surface area contributed by atoms with Crippen LogP contribution in [0.3, 0.4) is 0 Å². The van der Waals surface area contributed by atoms with Gasteiger partial charge in [-0.15, -0.1) is 0 Å². The Morgan fingerprint density at radius 3 is 2.33 bits per heavy atom. The molecule has 0 aliphatic rings. The Balaban J connectivity index is 1.68. The standard InChI is InChI=1S/C31H40N6O4S/c1-3-35(4-2)20-21-37(42(40,41)27-9-6-5-7-10-27)26-16-17-29-28(23-26)33-30(36(29)19-8-22-38)18-13-24-11-14-25(15-12-24)31(32)34-39/h5-7,9-12,14-17,23,38-39H,3-4,8,13,18-22H2,1-2H3,(H2,32,34). The summed E-state index contributed by atoms with van der Waals surface area (Å²) in [6.45, 7) is 7.36. The molecule has 3 aromatic carbocycles. The molecular weight excluding hydrogens is 552 g/mol. The Kier molecular flexibility index (Phi) is 10.6. The number of rotatable bonds is 15. The fourth-order valence-electron chi connectivity index (χ4n) is 5.03. The van der Waals surface area contributed by atoms with Crippen LogP contribution in [0, 0.1) is 0 Å². The van der Waals surface area contributed by atoms with E-state index in [9.17, 15) is 13.5 Å². The van der Waals surface area contributed by atoms with Gasteiger partial charge < -0.3 is 25.5 Å². The van der Waals surface area contributed by atoms with Crippen molar-refractivity contribution in [2.75, 3.05) is 37.1 Å². The molecule has 11 heteroatoms. The third-order valence-electron chi connectivity index (χ3n) is 7.48. The lowest BCUT2D eigenvalue weighted by atomic mass is 10.1. The molecular formula is C31H40N6O4S. The monoisotopic (exact) mass is 592 g/mol. The van der Waals surface area contributed by atoms with E-state index in [1.54, 1.807) is 30.3 Å². The van der Waals surface area contributed by atoms with Crippen LogP contribution in [0.5, 0.6) is 0 Å². The second-order valence-electron chi connectivity index (χ2n) is 10.0. The SMILES string of the molecule is CCN(CC)CCN(c1ccc2c(c1)nc(CCc1ccc(C(N)=NO)cc1)n2CCCO)S(=O)(=O)c1ccccc1. The molecule has 0 amide bonds. The number of amidine groups is 1. The first-order chi connectivity index (χ1) is 20.3. The Labute approximate surface area is 247 Å². The van der Waals surface area contributed by atoms with Crippen molar-refractivity contribution in [1.82, 2.24) is 14.5 Å². The molecule has 0 saturated carbocycles. The first kappa shape index (κ1) is 31.0. The highest BCUT2D eigenvalue weighted by Gasteiger charge is 2.26. The molecule has 0 radical (unpaired) electrons. The minimum atomic E-state index is -3.80. The summed E-state index contributed by atoms with van der Waals surface area (Å²) in [6, 6.07) is 21.6. The first-order valence-corrected chi connectivity index (χ1v) is 15.7. The van der Waals surface area contributed by atoms with Gasteiger partial charge in [-0.3, -0.25) is 4.31 Å². The van der Waals surface area contributed by atoms with Crippen LogP contribution in [0.15, 0.2) is 82.8 Å². The smallest absolute Gasteiger partial charge is 0.264 e. The normalized spacial score (nSPS) is 12.3. The number of aliphatic hydroxyl groups excluding tert-OH is 1. The fourth-order valence-corrected chi connectivity index (χ4v) is 6.50. The fraction of sp³-hybridized carbons (Fsp3) is 0.355. The number of nitrogens with zero attached hydrogens (tertiary/aromatic N) is 5. The summed E-state index contributed by atoms with van der Waals surface area (Å²) < 4.78 is 31.3. The predicted molar refractivity (Wildman–Crippen MR) is 167 cm³/mol. The molecule has 0 atom stereocenters. The summed E-state index contributed by atoms with van der Waals surface area (Å²) in [5.41, 5.74) is 9.56. The molecule has 0 saturated heterocycles. The van der Waals surface area contributed by atoms with Crippen LogP contribution < -0.4 is 10.0 Å². The number of hydrogen-bond donors (Lipinski definition) is 3. The topological polar surface area (TPSA) is 137 Å². The summed E-state index contributed by atoms with van der Waals surface area (Å²) in [5, 5.41) is 21.5. The van der Waals surface area contributed by atoms with Crippen molar-refractivity contribution < 1.29 is 18.7 Å². The third kappa shape index (κ3) is 7.10. The summed E-state index contributed by atoms with van der Waals surface area (Å²) in [6.07, 6.45) is 1.93. The summed E-state index contributed by atoms with van der Waals surface area (Å²) in [5.74, 6) is 0.917. The highest BCUT2D eigenvalue weighted by atomic mass is 32.2. The molecule has 0 aliphatic carbocycles.